The maximum absolute atomic E-state index is 13.5. The van der Waals surface area contributed by atoms with Crippen LogP contribution in [0.2, 0.25) is 0 Å². The van der Waals surface area contributed by atoms with E-state index in [2.05, 4.69) is 31.9 Å². The molecule has 4 saturated carbocycles. The third-order valence-corrected chi connectivity index (χ3v) is 9.53. The van der Waals surface area contributed by atoms with Gasteiger partial charge in [-0.1, -0.05) is 26.7 Å². The monoisotopic (exact) mass is 380 g/mol. The molecule has 1 aromatic rings. The lowest BCUT2D eigenvalue weighted by Crippen LogP contribution is -2.52. The Bertz CT molecular complexity index is 807. The number of rotatable bonds is 2. The van der Waals surface area contributed by atoms with E-state index >= 15 is 0 Å². The fraction of sp³-hybridized carbons (Fsp3) is 0.760. The van der Waals surface area contributed by atoms with Gasteiger partial charge < -0.3 is 0 Å². The number of nitrogens with zero attached hydrogens (tertiary/aromatic N) is 2. The van der Waals surface area contributed by atoms with E-state index < -0.39 is 0 Å². The highest BCUT2D eigenvalue weighted by atomic mass is 16.1. The summed E-state index contributed by atoms with van der Waals surface area (Å²) in [5.74, 6) is 3.52. The molecule has 4 aliphatic rings. The number of ketones is 1. The molecule has 0 N–H and O–H groups in total. The third kappa shape index (κ3) is 2.60. The van der Waals surface area contributed by atoms with Crippen molar-refractivity contribution in [2.75, 3.05) is 0 Å². The zero-order chi connectivity index (χ0) is 19.5. The summed E-state index contributed by atoms with van der Waals surface area (Å²) >= 11 is 0. The summed E-state index contributed by atoms with van der Waals surface area (Å²) in [5.41, 5.74) is 2.41. The minimum Gasteiger partial charge on any atom is -0.294 e. The van der Waals surface area contributed by atoms with Gasteiger partial charge in [0.05, 0.1) is 5.69 Å². The predicted octanol–water partition coefficient (Wildman–Crippen LogP) is 5.90. The van der Waals surface area contributed by atoms with Crippen LogP contribution in [0.25, 0.3) is 6.08 Å². The van der Waals surface area contributed by atoms with E-state index in [0.29, 0.717) is 17.1 Å². The number of allylic oxidation sites excluding steroid dienone is 1. The molecule has 1 aromatic heterocycles. The number of hydrogen-bond acceptors (Lipinski definition) is 2. The summed E-state index contributed by atoms with van der Waals surface area (Å²) < 4.78 is 1.95. The van der Waals surface area contributed by atoms with Gasteiger partial charge in [-0.2, -0.15) is 5.10 Å². The largest absolute Gasteiger partial charge is 0.294 e. The Morgan fingerprint density at radius 3 is 2.79 bits per heavy atom. The molecule has 4 aliphatic carbocycles. The van der Waals surface area contributed by atoms with E-state index in [4.69, 9.17) is 0 Å². The highest BCUT2D eigenvalue weighted by molar-refractivity contribution is 6.05. The molecule has 0 aliphatic heterocycles. The topological polar surface area (TPSA) is 34.9 Å². The maximum Gasteiger partial charge on any atom is 0.165 e. The first-order valence-electron chi connectivity index (χ1n) is 11.7. The summed E-state index contributed by atoms with van der Waals surface area (Å²) in [6.45, 7) is 7.88. The van der Waals surface area contributed by atoms with Crippen LogP contribution in [-0.2, 0) is 11.3 Å². The number of carbonyl (C=O) groups excluding carboxylic acids is 1. The molecular formula is C25H36N2O. The first-order chi connectivity index (χ1) is 13.5. The molecule has 28 heavy (non-hydrogen) atoms. The van der Waals surface area contributed by atoms with Gasteiger partial charge in [0.25, 0.3) is 0 Å². The van der Waals surface area contributed by atoms with Crippen molar-refractivity contribution in [3.05, 3.63) is 23.5 Å². The molecule has 0 saturated heterocycles. The predicted molar refractivity (Wildman–Crippen MR) is 113 cm³/mol. The SMILES string of the molecule is CCn1ccc(C=C2CC3C4CCC5CCCCC5(C)C4CCC3(C)C2=O)n1. The lowest BCUT2D eigenvalue weighted by Gasteiger charge is -2.59. The summed E-state index contributed by atoms with van der Waals surface area (Å²) in [4.78, 5) is 13.5. The van der Waals surface area contributed by atoms with E-state index in [9.17, 15) is 4.79 Å². The molecule has 6 atom stereocenters. The molecule has 0 bridgehead atoms. The minimum absolute atomic E-state index is 0.127. The second-order valence-electron chi connectivity index (χ2n) is 10.7. The first-order valence-corrected chi connectivity index (χ1v) is 11.7. The molecule has 0 radical (unpaired) electrons. The molecule has 0 spiro atoms. The molecule has 6 unspecified atom stereocenters. The second-order valence-corrected chi connectivity index (χ2v) is 10.7. The van der Waals surface area contributed by atoms with E-state index in [1.807, 2.05) is 16.9 Å². The Kier molecular flexibility index (Phi) is 4.37. The van der Waals surface area contributed by atoms with Gasteiger partial charge in [-0.05, 0) is 98.7 Å². The maximum atomic E-state index is 13.5. The van der Waals surface area contributed by atoms with Gasteiger partial charge in [0.2, 0.25) is 0 Å². The second kappa shape index (κ2) is 6.57. The Hall–Kier alpha value is -1.38. The van der Waals surface area contributed by atoms with E-state index in [0.717, 1.165) is 48.4 Å². The quantitative estimate of drug-likeness (QED) is 0.599. The zero-order valence-electron chi connectivity index (χ0n) is 17.9. The highest BCUT2D eigenvalue weighted by Crippen LogP contribution is 2.66. The van der Waals surface area contributed by atoms with E-state index in [-0.39, 0.29) is 5.41 Å². The minimum atomic E-state index is -0.127. The first kappa shape index (κ1) is 18.6. The van der Waals surface area contributed by atoms with E-state index in [1.54, 1.807) is 0 Å². The lowest BCUT2D eigenvalue weighted by molar-refractivity contribution is -0.137. The van der Waals surface area contributed by atoms with Crippen molar-refractivity contribution in [2.45, 2.75) is 85.1 Å². The van der Waals surface area contributed by atoms with Gasteiger partial charge in [-0.15, -0.1) is 0 Å². The molecule has 3 heteroatoms. The van der Waals surface area contributed by atoms with Gasteiger partial charge >= 0.3 is 0 Å². The van der Waals surface area contributed by atoms with Crippen molar-refractivity contribution >= 4 is 11.9 Å². The average molecular weight is 381 g/mol. The standard InChI is InChI=1S/C25H36N2O/c1-4-27-14-11-19(26-27)15-17-16-22-20-9-8-18-7-5-6-12-24(18,2)21(20)10-13-25(22,3)23(17)28/h11,14-15,18,20-22H,4-10,12-13,16H2,1-3H3. The molecule has 1 heterocycles. The van der Waals surface area contributed by atoms with Crippen molar-refractivity contribution in [3.63, 3.8) is 0 Å². The van der Waals surface area contributed by atoms with Gasteiger partial charge in [0, 0.05) is 18.2 Å². The van der Waals surface area contributed by atoms with Crippen molar-refractivity contribution < 1.29 is 4.79 Å². The zero-order valence-corrected chi connectivity index (χ0v) is 17.9. The molecule has 152 valence electrons. The Morgan fingerprint density at radius 2 is 2.00 bits per heavy atom. The van der Waals surface area contributed by atoms with Crippen LogP contribution in [0, 0.1) is 34.5 Å². The van der Waals surface area contributed by atoms with Crippen LogP contribution >= 0.6 is 0 Å². The van der Waals surface area contributed by atoms with E-state index in [1.165, 1.54) is 44.9 Å². The van der Waals surface area contributed by atoms with Crippen LogP contribution in [0.1, 0.15) is 84.3 Å². The molecule has 0 amide bonds. The lowest BCUT2D eigenvalue weighted by atomic mass is 9.45. The molecule has 0 aromatic carbocycles. The van der Waals surface area contributed by atoms with Crippen LogP contribution in [-0.4, -0.2) is 15.6 Å². The van der Waals surface area contributed by atoms with Crippen LogP contribution < -0.4 is 0 Å². The number of aryl methyl sites for hydroxylation is 1. The van der Waals surface area contributed by atoms with Crippen LogP contribution in [0.15, 0.2) is 17.8 Å². The summed E-state index contributed by atoms with van der Waals surface area (Å²) in [5, 5.41) is 4.60. The molecule has 3 nitrogen and oxygen atoms in total. The fourth-order valence-electron chi connectivity index (χ4n) is 7.90. The summed E-state index contributed by atoms with van der Waals surface area (Å²) in [6.07, 6.45) is 16.0. The third-order valence-electron chi connectivity index (χ3n) is 9.53. The normalized spacial score (nSPS) is 44.2. The average Bonchev–Trinajstić information content (AvgIpc) is 3.25. The Labute approximate surface area is 170 Å². The molecule has 5 rings (SSSR count). The van der Waals surface area contributed by atoms with Gasteiger partial charge in [-0.25, -0.2) is 0 Å². The summed E-state index contributed by atoms with van der Waals surface area (Å²) in [6, 6.07) is 2.05. The summed E-state index contributed by atoms with van der Waals surface area (Å²) in [7, 11) is 0. The molecular weight excluding hydrogens is 344 g/mol. The number of Topliss-reactive ketones (excluding diaryl/α,β-unsaturated/α-hetero) is 1. The van der Waals surface area contributed by atoms with Gasteiger partial charge in [0.15, 0.2) is 5.78 Å². The van der Waals surface area contributed by atoms with Gasteiger partial charge in [-0.3, -0.25) is 9.48 Å². The van der Waals surface area contributed by atoms with Crippen LogP contribution in [0.3, 0.4) is 0 Å². The smallest absolute Gasteiger partial charge is 0.165 e. The Balaban J connectivity index is 1.45. The molecule has 4 fully saturated rings. The number of fused-ring (bicyclic) bond motifs is 5. The fourth-order valence-corrected chi connectivity index (χ4v) is 7.90. The van der Waals surface area contributed by atoms with Crippen molar-refractivity contribution in [1.29, 1.82) is 0 Å². The van der Waals surface area contributed by atoms with Crippen LogP contribution in [0.4, 0.5) is 0 Å². The highest BCUT2D eigenvalue weighted by Gasteiger charge is 2.60. The van der Waals surface area contributed by atoms with Crippen molar-refractivity contribution in [2.24, 2.45) is 34.5 Å². The van der Waals surface area contributed by atoms with Crippen LogP contribution in [0.5, 0.6) is 0 Å². The van der Waals surface area contributed by atoms with Crippen molar-refractivity contribution in [1.82, 2.24) is 9.78 Å². The number of hydrogen-bond donors (Lipinski definition) is 0. The Morgan fingerprint density at radius 1 is 1.14 bits per heavy atom. The van der Waals surface area contributed by atoms with Gasteiger partial charge in [0.1, 0.15) is 0 Å². The number of carbonyl (C=O) groups is 1. The van der Waals surface area contributed by atoms with Crippen molar-refractivity contribution in [3.8, 4) is 0 Å². The number of aromatic nitrogens is 2.